The van der Waals surface area contributed by atoms with Crippen LogP contribution in [0.25, 0.3) is 0 Å². The van der Waals surface area contributed by atoms with Crippen LogP contribution in [0.3, 0.4) is 0 Å². The van der Waals surface area contributed by atoms with E-state index < -0.39 is 0 Å². The van der Waals surface area contributed by atoms with Crippen LogP contribution in [-0.4, -0.2) is 35.8 Å². The monoisotopic (exact) mass is 360 g/mol. The van der Waals surface area contributed by atoms with Crippen LogP contribution in [0.15, 0.2) is 28.7 Å². The smallest absolute Gasteiger partial charge is 0.203 e. The Morgan fingerprint density at radius 2 is 2.08 bits per heavy atom. The molecule has 25 heavy (non-hydrogen) atoms. The van der Waals surface area contributed by atoms with E-state index in [0.717, 1.165) is 54.8 Å². The van der Waals surface area contributed by atoms with Crippen molar-refractivity contribution in [1.82, 2.24) is 9.88 Å². The van der Waals surface area contributed by atoms with E-state index in [2.05, 4.69) is 47.2 Å². The van der Waals surface area contributed by atoms with Crippen molar-refractivity contribution in [3.8, 4) is 5.75 Å². The molecule has 0 saturated carbocycles. The van der Waals surface area contributed by atoms with Crippen LogP contribution >= 0.6 is 11.3 Å². The number of hydrazone groups is 1. The summed E-state index contributed by atoms with van der Waals surface area (Å²) in [6.45, 7) is 12.1. The van der Waals surface area contributed by atoms with E-state index >= 15 is 0 Å². The van der Waals surface area contributed by atoms with Crippen molar-refractivity contribution < 1.29 is 4.74 Å². The van der Waals surface area contributed by atoms with Gasteiger partial charge < -0.3 is 4.74 Å². The summed E-state index contributed by atoms with van der Waals surface area (Å²) in [5.74, 6) is 0.967. The Labute approximate surface area is 154 Å². The van der Waals surface area contributed by atoms with E-state index in [1.807, 2.05) is 30.7 Å². The first-order valence-electron chi connectivity index (χ1n) is 8.85. The van der Waals surface area contributed by atoms with Gasteiger partial charge in [0.05, 0.1) is 18.5 Å². The summed E-state index contributed by atoms with van der Waals surface area (Å²) in [6, 6.07) is 6.24. The first-order chi connectivity index (χ1) is 12.2. The van der Waals surface area contributed by atoms with Crippen LogP contribution in [0.4, 0.5) is 5.13 Å². The molecule has 0 aliphatic rings. The van der Waals surface area contributed by atoms with E-state index in [-0.39, 0.29) is 0 Å². The molecule has 0 atom stereocenters. The molecule has 136 valence electrons. The molecule has 0 fully saturated rings. The molecule has 0 saturated heterocycles. The number of nitrogens with one attached hydrogen (secondary N) is 1. The fraction of sp³-hybridized carbons (Fsp3) is 0.474. The summed E-state index contributed by atoms with van der Waals surface area (Å²) in [4.78, 5) is 6.72. The molecule has 1 aromatic carbocycles. The lowest BCUT2D eigenvalue weighted by molar-refractivity contribution is 0.277. The van der Waals surface area contributed by atoms with Crippen molar-refractivity contribution in [3.05, 3.63) is 40.4 Å². The second-order valence-electron chi connectivity index (χ2n) is 5.84. The number of nitrogens with zero attached hydrogens (tertiary/aromatic N) is 3. The third-order valence-electron chi connectivity index (χ3n) is 3.83. The third kappa shape index (κ3) is 6.14. The Morgan fingerprint density at radius 3 is 2.72 bits per heavy atom. The zero-order valence-corrected chi connectivity index (χ0v) is 16.4. The highest BCUT2D eigenvalue weighted by Gasteiger charge is 2.09. The predicted octanol–water partition coefficient (Wildman–Crippen LogP) is 4.53. The number of rotatable bonds is 10. The van der Waals surface area contributed by atoms with Crippen molar-refractivity contribution in [3.63, 3.8) is 0 Å². The lowest BCUT2D eigenvalue weighted by atomic mass is 10.1. The summed E-state index contributed by atoms with van der Waals surface area (Å²) in [7, 11) is 0. The van der Waals surface area contributed by atoms with Gasteiger partial charge in [-0.15, -0.1) is 11.3 Å². The lowest BCUT2D eigenvalue weighted by Gasteiger charge is -2.20. The van der Waals surface area contributed by atoms with Gasteiger partial charge in [0, 0.05) is 17.5 Å². The van der Waals surface area contributed by atoms with E-state index in [0.29, 0.717) is 0 Å². The number of benzene rings is 1. The van der Waals surface area contributed by atoms with Gasteiger partial charge in [-0.25, -0.2) is 4.98 Å². The average molecular weight is 361 g/mol. The quantitative estimate of drug-likeness (QED) is 0.500. The van der Waals surface area contributed by atoms with Gasteiger partial charge in [0.2, 0.25) is 5.13 Å². The SMILES string of the molecule is CCCOc1ccc(C=NNc2nc(C)cs2)cc1CN(CC)CC. The number of anilines is 1. The van der Waals surface area contributed by atoms with Gasteiger partial charge in [0.25, 0.3) is 0 Å². The molecule has 0 amide bonds. The molecule has 6 heteroatoms. The predicted molar refractivity (Wildman–Crippen MR) is 107 cm³/mol. The minimum Gasteiger partial charge on any atom is -0.493 e. The normalized spacial score (nSPS) is 11.4. The van der Waals surface area contributed by atoms with Crippen LogP contribution in [0.1, 0.15) is 44.0 Å². The summed E-state index contributed by atoms with van der Waals surface area (Å²) in [6.07, 6.45) is 2.83. The van der Waals surface area contributed by atoms with Gasteiger partial charge >= 0.3 is 0 Å². The minimum atomic E-state index is 0.740. The van der Waals surface area contributed by atoms with Gasteiger partial charge in [-0.3, -0.25) is 10.3 Å². The van der Waals surface area contributed by atoms with E-state index in [1.165, 1.54) is 5.56 Å². The molecule has 2 aromatic rings. The molecular formula is C19H28N4OS. The van der Waals surface area contributed by atoms with Gasteiger partial charge in [-0.1, -0.05) is 20.8 Å². The Kier molecular flexibility index (Phi) is 7.88. The first-order valence-corrected chi connectivity index (χ1v) is 9.73. The zero-order valence-electron chi connectivity index (χ0n) is 15.6. The van der Waals surface area contributed by atoms with Gasteiger partial charge in [0.1, 0.15) is 5.75 Å². The van der Waals surface area contributed by atoms with E-state index in [9.17, 15) is 0 Å². The molecule has 0 aliphatic carbocycles. The number of aromatic nitrogens is 1. The molecule has 0 bridgehead atoms. The molecule has 5 nitrogen and oxygen atoms in total. The minimum absolute atomic E-state index is 0.740. The van der Waals surface area contributed by atoms with Crippen molar-refractivity contribution in [2.24, 2.45) is 5.10 Å². The molecule has 2 rings (SSSR count). The first kappa shape index (κ1) is 19.4. The Morgan fingerprint density at radius 1 is 1.28 bits per heavy atom. The van der Waals surface area contributed by atoms with Crippen LogP contribution in [0, 0.1) is 6.92 Å². The maximum Gasteiger partial charge on any atom is 0.203 e. The van der Waals surface area contributed by atoms with Crippen LogP contribution in [-0.2, 0) is 6.54 Å². The second kappa shape index (κ2) is 10.2. The topological polar surface area (TPSA) is 49.8 Å². The van der Waals surface area contributed by atoms with Crippen molar-refractivity contribution in [2.75, 3.05) is 25.1 Å². The summed E-state index contributed by atoms with van der Waals surface area (Å²) >= 11 is 1.55. The van der Waals surface area contributed by atoms with Crippen molar-refractivity contribution in [1.29, 1.82) is 0 Å². The maximum absolute atomic E-state index is 5.91. The highest BCUT2D eigenvalue weighted by molar-refractivity contribution is 7.13. The number of hydrogen-bond donors (Lipinski definition) is 1. The fourth-order valence-electron chi connectivity index (χ4n) is 2.41. The average Bonchev–Trinajstić information content (AvgIpc) is 3.04. The summed E-state index contributed by atoms with van der Waals surface area (Å²) in [5.41, 5.74) is 6.23. The van der Waals surface area contributed by atoms with Crippen LogP contribution < -0.4 is 10.2 Å². The standard InChI is InChI=1S/C19H28N4OS/c1-5-10-24-18-9-8-16(11-17(18)13-23(6-2)7-3)12-20-22-19-21-15(4)14-25-19/h8-9,11-12,14H,5-7,10,13H2,1-4H3,(H,21,22). The number of thiazole rings is 1. The highest BCUT2D eigenvalue weighted by Crippen LogP contribution is 2.22. The molecule has 1 N–H and O–H groups in total. The van der Waals surface area contributed by atoms with Gasteiger partial charge in [0.15, 0.2) is 0 Å². The highest BCUT2D eigenvalue weighted by atomic mass is 32.1. The molecule has 0 unspecified atom stereocenters. The van der Waals surface area contributed by atoms with Gasteiger partial charge in [-0.2, -0.15) is 5.10 Å². The molecule has 0 radical (unpaired) electrons. The van der Waals surface area contributed by atoms with Crippen molar-refractivity contribution >= 4 is 22.7 Å². The third-order valence-corrected chi connectivity index (χ3v) is 4.69. The van der Waals surface area contributed by atoms with E-state index in [4.69, 9.17) is 4.74 Å². The second-order valence-corrected chi connectivity index (χ2v) is 6.70. The van der Waals surface area contributed by atoms with Crippen molar-refractivity contribution in [2.45, 2.75) is 40.7 Å². The maximum atomic E-state index is 5.91. The number of ether oxygens (including phenoxy) is 1. The van der Waals surface area contributed by atoms with Gasteiger partial charge in [-0.05, 0) is 50.2 Å². The number of hydrogen-bond acceptors (Lipinski definition) is 6. The van der Waals surface area contributed by atoms with E-state index in [1.54, 1.807) is 11.3 Å². The largest absolute Gasteiger partial charge is 0.493 e. The zero-order chi connectivity index (χ0) is 18.1. The summed E-state index contributed by atoms with van der Waals surface area (Å²) in [5, 5.41) is 7.10. The Hall–Kier alpha value is -1.92. The summed E-state index contributed by atoms with van der Waals surface area (Å²) < 4.78 is 5.91. The number of aryl methyl sites for hydroxylation is 1. The lowest BCUT2D eigenvalue weighted by Crippen LogP contribution is -2.22. The van der Waals surface area contributed by atoms with Crippen LogP contribution in [0.5, 0.6) is 5.75 Å². The molecule has 0 spiro atoms. The molecular weight excluding hydrogens is 332 g/mol. The fourth-order valence-corrected chi connectivity index (χ4v) is 3.05. The molecule has 1 heterocycles. The Balaban J connectivity index is 2.12. The van der Waals surface area contributed by atoms with Crippen LogP contribution in [0.2, 0.25) is 0 Å². The Bertz CT molecular complexity index is 680. The molecule has 0 aliphatic heterocycles. The molecule has 1 aromatic heterocycles.